The second kappa shape index (κ2) is 3.20. The fourth-order valence-corrected chi connectivity index (χ4v) is 1.59. The summed E-state index contributed by atoms with van der Waals surface area (Å²) in [5, 5.41) is 0. The molecule has 0 radical (unpaired) electrons. The molecule has 0 N–H and O–H groups in total. The van der Waals surface area contributed by atoms with Crippen LogP contribution in [0.3, 0.4) is 0 Å². The van der Waals surface area contributed by atoms with E-state index >= 15 is 0 Å². The van der Waals surface area contributed by atoms with E-state index in [1.165, 1.54) is 6.39 Å². The van der Waals surface area contributed by atoms with Crippen molar-refractivity contribution in [2.45, 2.75) is 0 Å². The van der Waals surface area contributed by atoms with Gasteiger partial charge in [0, 0.05) is 11.8 Å². The van der Waals surface area contributed by atoms with Gasteiger partial charge in [0.25, 0.3) is 0 Å². The average Bonchev–Trinajstić information content (AvgIpc) is 2.78. The summed E-state index contributed by atoms with van der Waals surface area (Å²) in [5.74, 6) is 0. The Balaban J connectivity index is 2.31. The van der Waals surface area contributed by atoms with Gasteiger partial charge in [-0.3, -0.25) is 4.98 Å². The highest BCUT2D eigenvalue weighted by molar-refractivity contribution is 5.87. The van der Waals surface area contributed by atoms with Gasteiger partial charge >= 0.3 is 0 Å². The van der Waals surface area contributed by atoms with Crippen LogP contribution in [0.15, 0.2) is 53.4 Å². The minimum Gasteiger partial charge on any atom is -0.441 e. The lowest BCUT2D eigenvalue weighted by Gasteiger charge is -1.99. The summed E-state index contributed by atoms with van der Waals surface area (Å²) in [6.45, 7) is 0. The molecule has 0 aliphatic rings. The van der Waals surface area contributed by atoms with Crippen molar-refractivity contribution < 1.29 is 4.42 Å². The second-order valence-electron chi connectivity index (χ2n) is 3.23. The van der Waals surface area contributed by atoms with Gasteiger partial charge in [-0.25, -0.2) is 4.98 Å². The maximum Gasteiger partial charge on any atom is 0.182 e. The fraction of sp³-hybridized carbons (Fsp3) is 0. The molecular weight excluding hydrogens is 188 g/mol. The summed E-state index contributed by atoms with van der Waals surface area (Å²) in [6.07, 6.45) is 3.19. The second-order valence-corrected chi connectivity index (χ2v) is 3.23. The number of benzene rings is 1. The van der Waals surface area contributed by atoms with E-state index in [9.17, 15) is 0 Å². The molecule has 0 spiro atoms. The van der Waals surface area contributed by atoms with Crippen LogP contribution in [0, 0.1) is 0 Å². The predicted molar refractivity (Wildman–Crippen MR) is 57.2 cm³/mol. The first-order valence-electron chi connectivity index (χ1n) is 4.69. The highest BCUT2D eigenvalue weighted by Gasteiger charge is 2.07. The maximum absolute atomic E-state index is 5.33. The summed E-state index contributed by atoms with van der Waals surface area (Å²) in [7, 11) is 0. The number of aromatic nitrogens is 2. The summed E-state index contributed by atoms with van der Waals surface area (Å²) in [5.41, 5.74) is 3.46. The van der Waals surface area contributed by atoms with E-state index in [0.717, 1.165) is 22.4 Å². The molecule has 15 heavy (non-hydrogen) atoms. The zero-order chi connectivity index (χ0) is 10.1. The first kappa shape index (κ1) is 8.17. The Hall–Kier alpha value is -2.16. The SMILES string of the molecule is c1ccc(-c2nccc3ncoc23)cc1. The van der Waals surface area contributed by atoms with Crippen LogP contribution in [-0.2, 0) is 0 Å². The number of oxazole rings is 1. The average molecular weight is 196 g/mol. The van der Waals surface area contributed by atoms with Crippen molar-refractivity contribution >= 4 is 11.1 Å². The van der Waals surface area contributed by atoms with Crippen LogP contribution >= 0.6 is 0 Å². The summed E-state index contributed by atoms with van der Waals surface area (Å²) < 4.78 is 5.33. The molecule has 3 heteroatoms. The van der Waals surface area contributed by atoms with Crippen molar-refractivity contribution in [1.82, 2.24) is 9.97 Å². The molecule has 0 aliphatic carbocycles. The quantitative estimate of drug-likeness (QED) is 0.600. The number of rotatable bonds is 1. The van der Waals surface area contributed by atoms with Crippen LogP contribution in [0.4, 0.5) is 0 Å². The van der Waals surface area contributed by atoms with Gasteiger partial charge in [0.2, 0.25) is 0 Å². The molecule has 1 aromatic carbocycles. The van der Waals surface area contributed by atoms with E-state index in [1.807, 2.05) is 36.4 Å². The summed E-state index contributed by atoms with van der Waals surface area (Å²) in [6, 6.07) is 11.8. The van der Waals surface area contributed by atoms with Crippen LogP contribution < -0.4 is 0 Å². The summed E-state index contributed by atoms with van der Waals surface area (Å²) >= 11 is 0. The Morgan fingerprint density at radius 2 is 1.80 bits per heavy atom. The number of fused-ring (bicyclic) bond motifs is 1. The van der Waals surface area contributed by atoms with Crippen molar-refractivity contribution in [2.75, 3.05) is 0 Å². The number of pyridine rings is 1. The van der Waals surface area contributed by atoms with Crippen molar-refractivity contribution in [3.05, 3.63) is 49.0 Å². The highest BCUT2D eigenvalue weighted by atomic mass is 16.3. The van der Waals surface area contributed by atoms with E-state index in [4.69, 9.17) is 4.42 Å². The van der Waals surface area contributed by atoms with Crippen LogP contribution in [0.2, 0.25) is 0 Å². The molecule has 3 aromatic rings. The zero-order valence-electron chi connectivity index (χ0n) is 7.92. The Morgan fingerprint density at radius 3 is 2.67 bits per heavy atom. The topological polar surface area (TPSA) is 38.9 Å². The molecule has 3 rings (SSSR count). The van der Waals surface area contributed by atoms with E-state index in [1.54, 1.807) is 6.20 Å². The molecule has 0 fully saturated rings. The van der Waals surface area contributed by atoms with Crippen LogP contribution in [0.5, 0.6) is 0 Å². The molecule has 0 saturated heterocycles. The third kappa shape index (κ3) is 1.29. The third-order valence-electron chi connectivity index (χ3n) is 2.29. The van der Waals surface area contributed by atoms with Gasteiger partial charge in [0.05, 0.1) is 0 Å². The lowest BCUT2D eigenvalue weighted by molar-refractivity contribution is 0.602. The molecule has 0 atom stereocenters. The standard InChI is InChI=1S/C12H8N2O/c1-2-4-9(5-3-1)11-12-10(6-7-13-11)14-8-15-12/h1-8H. The molecule has 2 aromatic heterocycles. The lowest BCUT2D eigenvalue weighted by Crippen LogP contribution is -1.83. The van der Waals surface area contributed by atoms with Crippen LogP contribution in [0.1, 0.15) is 0 Å². The van der Waals surface area contributed by atoms with Gasteiger partial charge < -0.3 is 4.42 Å². The van der Waals surface area contributed by atoms with Gasteiger partial charge in [0.15, 0.2) is 12.0 Å². The lowest BCUT2D eigenvalue weighted by atomic mass is 10.1. The van der Waals surface area contributed by atoms with Gasteiger partial charge in [-0.15, -0.1) is 0 Å². The van der Waals surface area contributed by atoms with Crippen molar-refractivity contribution in [2.24, 2.45) is 0 Å². The number of hydrogen-bond donors (Lipinski definition) is 0. The monoisotopic (exact) mass is 196 g/mol. The van der Waals surface area contributed by atoms with Crippen molar-refractivity contribution in [3.8, 4) is 11.3 Å². The smallest absolute Gasteiger partial charge is 0.182 e. The maximum atomic E-state index is 5.33. The molecule has 3 nitrogen and oxygen atoms in total. The van der Waals surface area contributed by atoms with Crippen LogP contribution in [-0.4, -0.2) is 9.97 Å². The Kier molecular flexibility index (Phi) is 1.75. The van der Waals surface area contributed by atoms with Gasteiger partial charge in [0.1, 0.15) is 11.2 Å². The van der Waals surface area contributed by atoms with Gasteiger partial charge in [-0.05, 0) is 6.07 Å². The molecule has 0 bridgehead atoms. The number of nitrogens with zero attached hydrogens (tertiary/aromatic N) is 2. The first-order valence-corrected chi connectivity index (χ1v) is 4.69. The fourth-order valence-electron chi connectivity index (χ4n) is 1.59. The summed E-state index contributed by atoms with van der Waals surface area (Å²) in [4.78, 5) is 8.41. The van der Waals surface area contributed by atoms with Gasteiger partial charge in [-0.2, -0.15) is 0 Å². The molecule has 0 amide bonds. The van der Waals surface area contributed by atoms with E-state index in [0.29, 0.717) is 0 Å². The van der Waals surface area contributed by atoms with Gasteiger partial charge in [-0.1, -0.05) is 30.3 Å². The van der Waals surface area contributed by atoms with Crippen molar-refractivity contribution in [1.29, 1.82) is 0 Å². The van der Waals surface area contributed by atoms with E-state index < -0.39 is 0 Å². The molecular formula is C12H8N2O. The van der Waals surface area contributed by atoms with Crippen molar-refractivity contribution in [3.63, 3.8) is 0 Å². The molecule has 0 saturated carbocycles. The van der Waals surface area contributed by atoms with E-state index in [2.05, 4.69) is 9.97 Å². The Morgan fingerprint density at radius 1 is 0.933 bits per heavy atom. The molecule has 0 aliphatic heterocycles. The minimum absolute atomic E-state index is 0.740. The molecule has 72 valence electrons. The van der Waals surface area contributed by atoms with Crippen LogP contribution in [0.25, 0.3) is 22.4 Å². The predicted octanol–water partition coefficient (Wildman–Crippen LogP) is 2.89. The molecule has 0 unspecified atom stereocenters. The first-order chi connectivity index (χ1) is 7.45. The largest absolute Gasteiger partial charge is 0.441 e. The zero-order valence-corrected chi connectivity index (χ0v) is 7.92. The normalized spacial score (nSPS) is 10.7. The number of hydrogen-bond acceptors (Lipinski definition) is 3. The molecule has 2 heterocycles. The highest BCUT2D eigenvalue weighted by Crippen LogP contribution is 2.24. The minimum atomic E-state index is 0.740. The third-order valence-corrected chi connectivity index (χ3v) is 2.29. The Labute approximate surface area is 86.4 Å². The van der Waals surface area contributed by atoms with E-state index in [-0.39, 0.29) is 0 Å². The Bertz CT molecular complexity index is 587.